The molecule has 0 saturated heterocycles. The standard InChI is InChI=1S/C16H15N3O3S/c1-10-13(15(20)21)8-12(22-10)9-23-16-18-17-14(19(16)2)11-6-4-3-5-7-11/h3-8H,9H2,1-2H3,(H,20,21)/p-1. The smallest absolute Gasteiger partial charge is 0.191 e. The monoisotopic (exact) mass is 328 g/mol. The number of hydrogen-bond acceptors (Lipinski definition) is 6. The molecule has 0 aliphatic carbocycles. The number of carbonyl (C=O) groups is 1. The first-order chi connectivity index (χ1) is 11.1. The van der Waals surface area contributed by atoms with E-state index in [0.717, 1.165) is 16.5 Å². The fourth-order valence-electron chi connectivity index (χ4n) is 2.23. The third-order valence-corrected chi connectivity index (χ3v) is 4.44. The van der Waals surface area contributed by atoms with Gasteiger partial charge in [-0.25, -0.2) is 0 Å². The number of carboxylic acids is 1. The van der Waals surface area contributed by atoms with E-state index in [1.807, 2.05) is 41.9 Å². The van der Waals surface area contributed by atoms with Gasteiger partial charge in [-0.15, -0.1) is 10.2 Å². The van der Waals surface area contributed by atoms with Crippen LogP contribution in [0.5, 0.6) is 0 Å². The summed E-state index contributed by atoms with van der Waals surface area (Å²) in [5.74, 6) is 0.931. The normalized spacial score (nSPS) is 10.9. The van der Waals surface area contributed by atoms with Gasteiger partial charge in [-0.3, -0.25) is 0 Å². The van der Waals surface area contributed by atoms with Gasteiger partial charge >= 0.3 is 0 Å². The fourth-order valence-corrected chi connectivity index (χ4v) is 3.02. The SMILES string of the molecule is Cc1oc(CSc2nnc(-c3ccccc3)n2C)cc1C(=O)[O-]. The second-order valence-corrected chi connectivity index (χ2v) is 5.93. The third-order valence-electron chi connectivity index (χ3n) is 3.40. The number of carbonyl (C=O) groups excluding carboxylic acids is 1. The maximum Gasteiger partial charge on any atom is 0.191 e. The van der Waals surface area contributed by atoms with Crippen molar-refractivity contribution in [2.45, 2.75) is 17.8 Å². The Morgan fingerprint density at radius 1 is 1.30 bits per heavy atom. The Bertz CT molecular complexity index is 840. The van der Waals surface area contributed by atoms with Gasteiger partial charge in [0, 0.05) is 18.2 Å². The topological polar surface area (TPSA) is 84.0 Å². The van der Waals surface area contributed by atoms with E-state index < -0.39 is 5.97 Å². The van der Waals surface area contributed by atoms with Gasteiger partial charge in [0.1, 0.15) is 11.5 Å². The van der Waals surface area contributed by atoms with E-state index in [1.54, 1.807) is 6.92 Å². The lowest BCUT2D eigenvalue weighted by molar-refractivity contribution is -0.255. The van der Waals surface area contributed by atoms with E-state index in [9.17, 15) is 9.90 Å². The number of hydrogen-bond donors (Lipinski definition) is 0. The van der Waals surface area contributed by atoms with Gasteiger partial charge < -0.3 is 18.9 Å². The van der Waals surface area contributed by atoms with Crippen LogP contribution in [0.2, 0.25) is 0 Å². The molecule has 0 bridgehead atoms. The van der Waals surface area contributed by atoms with Crippen molar-refractivity contribution in [1.29, 1.82) is 0 Å². The fraction of sp³-hybridized carbons (Fsp3) is 0.188. The minimum atomic E-state index is -1.23. The second kappa shape index (κ2) is 6.29. The predicted molar refractivity (Wildman–Crippen MR) is 83.8 cm³/mol. The number of rotatable bonds is 5. The van der Waals surface area contributed by atoms with Crippen molar-refractivity contribution < 1.29 is 14.3 Å². The molecule has 23 heavy (non-hydrogen) atoms. The van der Waals surface area contributed by atoms with Crippen LogP contribution in [0.1, 0.15) is 21.9 Å². The second-order valence-electron chi connectivity index (χ2n) is 4.99. The number of carboxylic acid groups (broad SMARTS) is 1. The number of benzene rings is 1. The first kappa shape index (κ1) is 15.4. The lowest BCUT2D eigenvalue weighted by atomic mass is 10.2. The zero-order valence-electron chi connectivity index (χ0n) is 12.6. The highest BCUT2D eigenvalue weighted by molar-refractivity contribution is 7.98. The summed E-state index contributed by atoms with van der Waals surface area (Å²) in [7, 11) is 1.89. The van der Waals surface area contributed by atoms with Gasteiger partial charge in [0.25, 0.3) is 0 Å². The molecule has 0 amide bonds. The zero-order chi connectivity index (χ0) is 16.4. The molecule has 0 atom stereocenters. The Morgan fingerprint density at radius 3 is 2.70 bits per heavy atom. The van der Waals surface area contributed by atoms with Crippen LogP contribution in [-0.2, 0) is 12.8 Å². The number of nitrogens with zero attached hydrogens (tertiary/aromatic N) is 3. The van der Waals surface area contributed by atoms with Crippen molar-refractivity contribution in [2.75, 3.05) is 0 Å². The largest absolute Gasteiger partial charge is 0.545 e. The molecule has 3 rings (SSSR count). The van der Waals surface area contributed by atoms with Crippen LogP contribution in [-0.4, -0.2) is 20.7 Å². The summed E-state index contributed by atoms with van der Waals surface area (Å²) in [4.78, 5) is 10.9. The Kier molecular flexibility index (Phi) is 4.20. The summed E-state index contributed by atoms with van der Waals surface area (Å²) >= 11 is 1.43. The molecule has 0 aliphatic heterocycles. The van der Waals surface area contributed by atoms with E-state index in [1.165, 1.54) is 17.8 Å². The molecule has 0 fully saturated rings. The van der Waals surface area contributed by atoms with Gasteiger partial charge in [0.15, 0.2) is 11.0 Å². The van der Waals surface area contributed by atoms with E-state index in [2.05, 4.69) is 10.2 Å². The molecule has 0 unspecified atom stereocenters. The van der Waals surface area contributed by atoms with Crippen LogP contribution in [0.15, 0.2) is 46.0 Å². The molecular weight excluding hydrogens is 314 g/mol. The lowest BCUT2D eigenvalue weighted by Crippen LogP contribution is -2.22. The summed E-state index contributed by atoms with van der Waals surface area (Å²) < 4.78 is 7.33. The molecule has 0 radical (unpaired) electrons. The number of furan rings is 1. The Balaban J connectivity index is 1.76. The maximum absolute atomic E-state index is 10.9. The average Bonchev–Trinajstić information content (AvgIpc) is 3.09. The minimum Gasteiger partial charge on any atom is -0.545 e. The van der Waals surface area contributed by atoms with Crippen molar-refractivity contribution in [3.05, 3.63) is 53.5 Å². The minimum absolute atomic E-state index is 0.0866. The van der Waals surface area contributed by atoms with Gasteiger partial charge in [0.05, 0.1) is 11.7 Å². The third kappa shape index (κ3) is 3.14. The molecule has 3 aromatic rings. The molecule has 2 heterocycles. The zero-order valence-corrected chi connectivity index (χ0v) is 13.5. The molecule has 1 aromatic carbocycles. The molecule has 0 saturated carbocycles. The van der Waals surface area contributed by atoms with E-state index in [-0.39, 0.29) is 5.56 Å². The molecule has 6 nitrogen and oxygen atoms in total. The van der Waals surface area contributed by atoms with E-state index >= 15 is 0 Å². The Hall–Kier alpha value is -2.54. The van der Waals surface area contributed by atoms with Crippen LogP contribution in [0.25, 0.3) is 11.4 Å². The Morgan fingerprint density at radius 2 is 2.04 bits per heavy atom. The van der Waals surface area contributed by atoms with Gasteiger partial charge in [0.2, 0.25) is 0 Å². The van der Waals surface area contributed by atoms with Gasteiger partial charge in [-0.2, -0.15) is 0 Å². The Labute approximate surface area is 137 Å². The molecule has 118 valence electrons. The van der Waals surface area contributed by atoms with Crippen molar-refractivity contribution >= 4 is 17.7 Å². The van der Waals surface area contributed by atoms with Crippen LogP contribution >= 0.6 is 11.8 Å². The van der Waals surface area contributed by atoms with Crippen molar-refractivity contribution in [3.8, 4) is 11.4 Å². The highest BCUT2D eigenvalue weighted by Gasteiger charge is 2.13. The van der Waals surface area contributed by atoms with Crippen LogP contribution in [0, 0.1) is 6.92 Å². The van der Waals surface area contributed by atoms with E-state index in [4.69, 9.17) is 4.42 Å². The number of thioether (sulfide) groups is 1. The van der Waals surface area contributed by atoms with Crippen LogP contribution in [0.4, 0.5) is 0 Å². The van der Waals surface area contributed by atoms with Gasteiger partial charge in [-0.1, -0.05) is 42.1 Å². The first-order valence-electron chi connectivity index (χ1n) is 6.94. The highest BCUT2D eigenvalue weighted by atomic mass is 32.2. The molecular formula is C16H14N3O3S-. The molecule has 2 aromatic heterocycles. The number of aromatic carboxylic acids is 1. The lowest BCUT2D eigenvalue weighted by Gasteiger charge is -2.02. The summed E-state index contributed by atoms with van der Waals surface area (Å²) in [6.45, 7) is 1.61. The summed E-state index contributed by atoms with van der Waals surface area (Å²) in [6, 6.07) is 11.3. The average molecular weight is 328 g/mol. The quantitative estimate of drug-likeness (QED) is 0.666. The molecule has 0 N–H and O–H groups in total. The van der Waals surface area contributed by atoms with Crippen molar-refractivity contribution in [3.63, 3.8) is 0 Å². The van der Waals surface area contributed by atoms with E-state index in [0.29, 0.717) is 17.3 Å². The number of aryl methyl sites for hydroxylation is 1. The first-order valence-corrected chi connectivity index (χ1v) is 7.93. The molecule has 7 heteroatoms. The summed E-state index contributed by atoms with van der Waals surface area (Å²) in [6.07, 6.45) is 0. The van der Waals surface area contributed by atoms with Crippen molar-refractivity contribution in [1.82, 2.24) is 14.8 Å². The van der Waals surface area contributed by atoms with Crippen molar-refractivity contribution in [2.24, 2.45) is 7.05 Å². The summed E-state index contributed by atoms with van der Waals surface area (Å²) in [5.41, 5.74) is 1.07. The van der Waals surface area contributed by atoms with Gasteiger partial charge in [-0.05, 0) is 13.0 Å². The number of aromatic nitrogens is 3. The van der Waals surface area contributed by atoms with Crippen LogP contribution in [0.3, 0.4) is 0 Å². The van der Waals surface area contributed by atoms with Crippen LogP contribution < -0.4 is 5.11 Å². The molecule has 0 aliphatic rings. The summed E-state index contributed by atoms with van der Waals surface area (Å²) in [5, 5.41) is 20.0. The predicted octanol–water partition coefficient (Wildman–Crippen LogP) is 2.04. The highest BCUT2D eigenvalue weighted by Crippen LogP contribution is 2.26. The molecule has 0 spiro atoms. The maximum atomic E-state index is 10.9.